The van der Waals surface area contributed by atoms with Crippen LogP contribution in [0.3, 0.4) is 0 Å². The highest BCUT2D eigenvalue weighted by molar-refractivity contribution is 5.82. The molecule has 1 atom stereocenters. The van der Waals surface area contributed by atoms with Gasteiger partial charge in [-0.25, -0.2) is 4.79 Å². The molecule has 5 heteroatoms. The summed E-state index contributed by atoms with van der Waals surface area (Å²) in [4.78, 5) is 21.7. The van der Waals surface area contributed by atoms with E-state index in [0.717, 1.165) is 5.56 Å². The van der Waals surface area contributed by atoms with Crippen LogP contribution in [-0.2, 0) is 16.0 Å². The lowest BCUT2D eigenvalue weighted by Crippen LogP contribution is -2.41. The smallest absolute Gasteiger partial charge is 0.326 e. The molecule has 0 radical (unpaired) electrons. The fourth-order valence-electron chi connectivity index (χ4n) is 1.32. The van der Waals surface area contributed by atoms with E-state index in [1.165, 1.54) is 6.92 Å². The molecule has 0 aliphatic heterocycles. The van der Waals surface area contributed by atoms with Crippen molar-refractivity contribution < 1.29 is 19.8 Å². The maximum absolute atomic E-state index is 10.9. The van der Waals surface area contributed by atoms with Crippen LogP contribution in [0.4, 0.5) is 0 Å². The molecule has 0 saturated heterocycles. The van der Waals surface area contributed by atoms with Gasteiger partial charge in [-0.1, -0.05) is 0 Å². The molecule has 4 N–H and O–H groups in total. The predicted octanol–water partition coefficient (Wildman–Crippen LogP) is 0.256. The second-order valence-corrected chi connectivity index (χ2v) is 3.49. The number of carboxylic acids is 1. The lowest BCUT2D eigenvalue weighted by Gasteiger charge is -2.12. The van der Waals surface area contributed by atoms with Crippen molar-refractivity contribution in [2.45, 2.75) is 19.4 Å². The zero-order valence-electron chi connectivity index (χ0n) is 8.86. The molecule has 0 aliphatic rings. The fraction of sp³-hybridized carbons (Fsp3) is 0.273. The van der Waals surface area contributed by atoms with Gasteiger partial charge in [-0.2, -0.15) is 0 Å². The molecule has 1 amide bonds. The number of carbonyl (C=O) groups is 2. The number of nitrogens with one attached hydrogen (secondary N) is 1. The lowest BCUT2D eigenvalue weighted by atomic mass is 10.1. The third kappa shape index (κ3) is 3.61. The van der Waals surface area contributed by atoms with Gasteiger partial charge in [-0.05, 0) is 17.7 Å². The van der Waals surface area contributed by atoms with Gasteiger partial charge in [0.15, 0.2) is 0 Å². The van der Waals surface area contributed by atoms with Crippen molar-refractivity contribution in [3.8, 4) is 5.75 Å². The van der Waals surface area contributed by atoms with Crippen LogP contribution in [-0.4, -0.2) is 28.1 Å². The molecule has 1 aromatic rings. The first-order chi connectivity index (χ1) is 7.49. The van der Waals surface area contributed by atoms with Gasteiger partial charge in [0.1, 0.15) is 6.04 Å². The summed E-state index contributed by atoms with van der Waals surface area (Å²) in [5, 5.41) is 18.5. The molecule has 16 heavy (non-hydrogen) atoms. The second kappa shape index (κ2) is 5.16. The van der Waals surface area contributed by atoms with Gasteiger partial charge in [-0.15, -0.1) is 0 Å². The summed E-state index contributed by atoms with van der Waals surface area (Å²) in [7, 11) is 0. The van der Waals surface area contributed by atoms with Crippen molar-refractivity contribution in [3.05, 3.63) is 29.8 Å². The monoisotopic (exact) mass is 224 g/mol. The number of hydrogen-bond acceptors (Lipinski definition) is 2. The highest BCUT2D eigenvalue weighted by Crippen LogP contribution is 2.11. The van der Waals surface area contributed by atoms with Crippen LogP contribution in [0.15, 0.2) is 24.3 Å². The van der Waals surface area contributed by atoms with Crippen molar-refractivity contribution in [1.29, 1.82) is 0 Å². The van der Waals surface area contributed by atoms with E-state index in [4.69, 9.17) is 10.2 Å². The van der Waals surface area contributed by atoms with Crippen molar-refractivity contribution in [3.63, 3.8) is 0 Å². The average molecular weight is 224 g/mol. The van der Waals surface area contributed by atoms with Crippen molar-refractivity contribution in [1.82, 2.24) is 5.32 Å². The fourth-order valence-corrected chi connectivity index (χ4v) is 1.32. The molecule has 0 aliphatic carbocycles. The van der Waals surface area contributed by atoms with Crippen molar-refractivity contribution >= 4 is 11.9 Å². The molecular formula is C11H14NO4+. The molecule has 0 bridgehead atoms. The standard InChI is InChI=1S/C11H13NO4/c1-7(13)12-10(11(15)16)6-8-2-4-9(14)5-3-8/h2-5,10,14H,6H2,1H3,(H,12,13)(H,15,16)/p+1/t10-/m0/s1. The Labute approximate surface area is 92.7 Å². The van der Waals surface area contributed by atoms with Crippen molar-refractivity contribution in [2.24, 2.45) is 0 Å². The van der Waals surface area contributed by atoms with E-state index in [2.05, 4.69) is 5.32 Å². The molecule has 86 valence electrons. The Balaban J connectivity index is 2.71. The Kier molecular flexibility index (Phi) is 3.88. The van der Waals surface area contributed by atoms with Crippen LogP contribution in [0.5, 0.6) is 5.75 Å². The van der Waals surface area contributed by atoms with E-state index in [1.54, 1.807) is 24.3 Å². The first-order valence-electron chi connectivity index (χ1n) is 4.79. The van der Waals surface area contributed by atoms with Gasteiger partial charge in [0.2, 0.25) is 5.91 Å². The zero-order chi connectivity index (χ0) is 12.1. The molecular weight excluding hydrogens is 210 g/mol. The van der Waals surface area contributed by atoms with E-state index >= 15 is 0 Å². The minimum atomic E-state index is -1.06. The number of rotatable bonds is 4. The van der Waals surface area contributed by atoms with Gasteiger partial charge in [0.05, 0.1) is 0 Å². The van der Waals surface area contributed by atoms with E-state index in [-0.39, 0.29) is 12.3 Å². The normalized spacial score (nSPS) is 11.8. The van der Waals surface area contributed by atoms with Gasteiger partial charge < -0.3 is 15.5 Å². The second-order valence-electron chi connectivity index (χ2n) is 3.49. The third-order valence-electron chi connectivity index (χ3n) is 2.07. The number of aliphatic carboxylic acids is 1. The molecule has 0 fully saturated rings. The summed E-state index contributed by atoms with van der Waals surface area (Å²) in [6.07, 6.45) is 0.217. The molecule has 1 rings (SSSR count). The quantitative estimate of drug-likeness (QED) is 0.719. The van der Waals surface area contributed by atoms with Crippen LogP contribution < -0.4 is 5.32 Å². The average Bonchev–Trinajstić information content (AvgIpc) is 2.19. The van der Waals surface area contributed by atoms with E-state index in [1.807, 2.05) is 0 Å². The van der Waals surface area contributed by atoms with Crippen LogP contribution in [0.25, 0.3) is 0 Å². The van der Waals surface area contributed by atoms with Crippen LogP contribution >= 0.6 is 0 Å². The number of benzene rings is 1. The molecule has 0 aromatic heterocycles. The molecule has 0 saturated carbocycles. The van der Waals surface area contributed by atoms with Gasteiger partial charge in [-0.3, -0.25) is 4.79 Å². The minimum absolute atomic E-state index is 0.217. The summed E-state index contributed by atoms with van der Waals surface area (Å²) in [5.74, 6) is -1.06. The first-order valence-corrected chi connectivity index (χ1v) is 4.79. The number of amides is 1. The molecule has 0 spiro atoms. The topological polar surface area (TPSA) is 89.3 Å². The lowest BCUT2D eigenvalue weighted by molar-refractivity contribution is -0.141. The molecule has 0 heterocycles. The highest BCUT2D eigenvalue weighted by atomic mass is 16.4. The Morgan fingerprint density at radius 3 is 2.38 bits per heavy atom. The molecule has 0 unspecified atom stereocenters. The van der Waals surface area contributed by atoms with Crippen LogP contribution in [0, 0.1) is 0 Å². The summed E-state index contributed by atoms with van der Waals surface area (Å²) >= 11 is 0. The Morgan fingerprint density at radius 2 is 1.94 bits per heavy atom. The number of carboxylic acid groups (broad SMARTS) is 1. The van der Waals surface area contributed by atoms with E-state index in [9.17, 15) is 9.59 Å². The SMILES string of the molecule is CC(=O)N[C@@H](Cc1ccc([OH2+])cc1)C(=O)O. The summed E-state index contributed by atoms with van der Waals surface area (Å²) < 4.78 is 0. The van der Waals surface area contributed by atoms with Gasteiger partial charge in [0, 0.05) is 25.5 Å². The molecule has 5 nitrogen and oxygen atoms in total. The maximum atomic E-state index is 10.9. The Morgan fingerprint density at radius 1 is 1.38 bits per heavy atom. The predicted molar refractivity (Wildman–Crippen MR) is 58.4 cm³/mol. The Bertz CT molecular complexity index is 385. The highest BCUT2D eigenvalue weighted by Gasteiger charge is 2.18. The Hall–Kier alpha value is -2.04. The van der Waals surface area contributed by atoms with E-state index < -0.39 is 12.0 Å². The summed E-state index contributed by atoms with van der Waals surface area (Å²) in [5.41, 5.74) is 0.775. The molecule has 1 aromatic carbocycles. The zero-order valence-corrected chi connectivity index (χ0v) is 8.86. The number of carbonyl (C=O) groups excluding carboxylic acids is 1. The summed E-state index contributed by atoms with van der Waals surface area (Å²) in [6, 6.07) is 5.61. The largest absolute Gasteiger partial charge is 0.593 e. The minimum Gasteiger partial charge on any atom is -0.593 e. The van der Waals surface area contributed by atoms with E-state index in [0.29, 0.717) is 5.75 Å². The third-order valence-corrected chi connectivity index (χ3v) is 2.07. The van der Waals surface area contributed by atoms with Gasteiger partial charge in [0.25, 0.3) is 5.75 Å². The van der Waals surface area contributed by atoms with Crippen LogP contribution in [0.1, 0.15) is 12.5 Å². The maximum Gasteiger partial charge on any atom is 0.326 e. The summed E-state index contributed by atoms with van der Waals surface area (Å²) in [6.45, 7) is 1.28. The number of hydrogen-bond donors (Lipinski definition) is 2. The van der Waals surface area contributed by atoms with Gasteiger partial charge >= 0.3 is 5.97 Å². The van der Waals surface area contributed by atoms with Crippen molar-refractivity contribution in [2.75, 3.05) is 0 Å². The first kappa shape index (κ1) is 12.0. The van der Waals surface area contributed by atoms with Crippen LogP contribution in [0.2, 0.25) is 0 Å².